The SMILES string of the molecule is CC1CCCC1CNC(=O)C(C(N)=S)c1ccccc1. The van der Waals surface area contributed by atoms with Crippen molar-refractivity contribution in [1.29, 1.82) is 0 Å². The van der Waals surface area contributed by atoms with Crippen LogP contribution in [0.4, 0.5) is 0 Å². The minimum Gasteiger partial charge on any atom is -0.392 e. The molecule has 1 aliphatic rings. The molecule has 3 atom stereocenters. The molecule has 0 spiro atoms. The second-order valence-corrected chi connectivity index (χ2v) is 6.13. The summed E-state index contributed by atoms with van der Waals surface area (Å²) >= 11 is 5.06. The molecule has 0 heterocycles. The second kappa shape index (κ2) is 6.84. The predicted octanol–water partition coefficient (Wildman–Crippen LogP) is 2.61. The molecule has 0 saturated heterocycles. The van der Waals surface area contributed by atoms with E-state index in [0.717, 1.165) is 12.1 Å². The summed E-state index contributed by atoms with van der Waals surface area (Å²) in [7, 11) is 0. The van der Waals surface area contributed by atoms with Crippen molar-refractivity contribution >= 4 is 23.1 Å². The van der Waals surface area contributed by atoms with E-state index < -0.39 is 5.92 Å². The van der Waals surface area contributed by atoms with Crippen molar-refractivity contribution in [2.24, 2.45) is 17.6 Å². The molecule has 0 aliphatic heterocycles. The zero-order valence-corrected chi connectivity index (χ0v) is 12.7. The minimum atomic E-state index is -0.525. The van der Waals surface area contributed by atoms with Crippen molar-refractivity contribution < 1.29 is 4.79 Å². The molecule has 4 heteroatoms. The van der Waals surface area contributed by atoms with Gasteiger partial charge in [-0.1, -0.05) is 62.3 Å². The molecular formula is C16H22N2OS. The Balaban J connectivity index is 1.99. The number of carbonyl (C=O) groups is 1. The second-order valence-electron chi connectivity index (χ2n) is 5.66. The molecule has 0 bridgehead atoms. The van der Waals surface area contributed by atoms with Crippen molar-refractivity contribution in [2.45, 2.75) is 32.1 Å². The molecule has 108 valence electrons. The van der Waals surface area contributed by atoms with Crippen molar-refractivity contribution in [2.75, 3.05) is 6.54 Å². The zero-order chi connectivity index (χ0) is 14.5. The van der Waals surface area contributed by atoms with E-state index in [0.29, 0.717) is 11.8 Å². The smallest absolute Gasteiger partial charge is 0.234 e. The molecule has 3 N–H and O–H groups in total. The molecule has 0 aromatic heterocycles. The number of carbonyl (C=O) groups excluding carboxylic acids is 1. The van der Waals surface area contributed by atoms with E-state index in [4.69, 9.17) is 18.0 Å². The van der Waals surface area contributed by atoms with Crippen molar-refractivity contribution in [3.63, 3.8) is 0 Å². The fourth-order valence-corrected chi connectivity index (χ4v) is 3.19. The van der Waals surface area contributed by atoms with Gasteiger partial charge in [-0.2, -0.15) is 0 Å². The van der Waals surface area contributed by atoms with Crippen LogP contribution < -0.4 is 11.1 Å². The maximum absolute atomic E-state index is 12.4. The van der Waals surface area contributed by atoms with Crippen molar-refractivity contribution in [3.8, 4) is 0 Å². The van der Waals surface area contributed by atoms with Gasteiger partial charge in [-0.05, 0) is 23.8 Å². The highest BCUT2D eigenvalue weighted by atomic mass is 32.1. The van der Waals surface area contributed by atoms with E-state index in [-0.39, 0.29) is 10.9 Å². The molecule has 1 fully saturated rings. The van der Waals surface area contributed by atoms with Gasteiger partial charge in [0.15, 0.2) is 0 Å². The topological polar surface area (TPSA) is 55.1 Å². The van der Waals surface area contributed by atoms with Gasteiger partial charge in [-0.3, -0.25) is 4.79 Å². The van der Waals surface area contributed by atoms with Crippen LogP contribution in [0.3, 0.4) is 0 Å². The molecule has 1 saturated carbocycles. The van der Waals surface area contributed by atoms with E-state index >= 15 is 0 Å². The number of rotatable bonds is 5. The molecular weight excluding hydrogens is 268 g/mol. The lowest BCUT2D eigenvalue weighted by Gasteiger charge is -2.20. The normalized spacial score (nSPS) is 23.2. The third-order valence-corrected chi connectivity index (χ3v) is 4.49. The Labute approximate surface area is 125 Å². The molecule has 3 unspecified atom stereocenters. The summed E-state index contributed by atoms with van der Waals surface area (Å²) < 4.78 is 0. The number of hydrogen-bond acceptors (Lipinski definition) is 2. The van der Waals surface area contributed by atoms with E-state index in [1.54, 1.807) is 0 Å². The molecule has 2 rings (SSSR count). The Morgan fingerprint density at radius 3 is 2.65 bits per heavy atom. The first-order valence-corrected chi connectivity index (χ1v) is 7.62. The monoisotopic (exact) mass is 290 g/mol. The van der Waals surface area contributed by atoms with Gasteiger partial charge in [0.2, 0.25) is 5.91 Å². The maximum atomic E-state index is 12.4. The van der Waals surface area contributed by atoms with Crippen LogP contribution in [0.2, 0.25) is 0 Å². The Morgan fingerprint density at radius 1 is 1.40 bits per heavy atom. The lowest BCUT2D eigenvalue weighted by molar-refractivity contribution is -0.121. The number of benzene rings is 1. The first-order chi connectivity index (χ1) is 9.59. The number of nitrogens with two attached hydrogens (primary N) is 1. The van der Waals surface area contributed by atoms with Crippen LogP contribution in [0.5, 0.6) is 0 Å². The fraction of sp³-hybridized carbons (Fsp3) is 0.500. The summed E-state index contributed by atoms with van der Waals surface area (Å²) in [6.07, 6.45) is 3.72. The van der Waals surface area contributed by atoms with Gasteiger partial charge in [0, 0.05) is 6.54 Å². The molecule has 0 radical (unpaired) electrons. The first-order valence-electron chi connectivity index (χ1n) is 7.21. The Morgan fingerprint density at radius 2 is 2.10 bits per heavy atom. The number of hydrogen-bond donors (Lipinski definition) is 2. The highest BCUT2D eigenvalue weighted by molar-refractivity contribution is 7.80. The number of thiocarbonyl (C=S) groups is 1. The quantitative estimate of drug-likeness (QED) is 0.820. The highest BCUT2D eigenvalue weighted by Gasteiger charge is 2.27. The summed E-state index contributed by atoms with van der Waals surface area (Å²) in [5.41, 5.74) is 6.61. The Kier molecular flexibility index (Phi) is 5.12. The first kappa shape index (κ1) is 15.0. The highest BCUT2D eigenvalue weighted by Crippen LogP contribution is 2.30. The van der Waals surface area contributed by atoms with Crippen LogP contribution in [0.1, 0.15) is 37.7 Å². The van der Waals surface area contributed by atoms with Crippen LogP contribution >= 0.6 is 12.2 Å². The van der Waals surface area contributed by atoms with Crippen LogP contribution in [-0.2, 0) is 4.79 Å². The van der Waals surface area contributed by atoms with Gasteiger partial charge in [-0.15, -0.1) is 0 Å². The maximum Gasteiger partial charge on any atom is 0.234 e. The Bertz CT molecular complexity index is 475. The molecule has 1 aromatic rings. The summed E-state index contributed by atoms with van der Waals surface area (Å²) in [5.74, 6) is 0.669. The summed E-state index contributed by atoms with van der Waals surface area (Å²) in [6, 6.07) is 9.49. The molecule has 1 amide bonds. The van der Waals surface area contributed by atoms with E-state index in [1.807, 2.05) is 30.3 Å². The fourth-order valence-electron chi connectivity index (χ4n) is 2.95. The van der Waals surface area contributed by atoms with Gasteiger partial charge in [0.05, 0.1) is 4.99 Å². The summed E-state index contributed by atoms with van der Waals surface area (Å²) in [4.78, 5) is 12.6. The zero-order valence-electron chi connectivity index (χ0n) is 11.8. The van der Waals surface area contributed by atoms with Crippen LogP contribution in [0.15, 0.2) is 30.3 Å². The standard InChI is InChI=1S/C16H22N2OS/c1-11-6-5-9-13(11)10-18-16(19)14(15(17)20)12-7-3-2-4-8-12/h2-4,7-8,11,13-14H,5-6,9-10H2,1H3,(H2,17,20)(H,18,19). The summed E-state index contributed by atoms with van der Waals surface area (Å²) in [5, 5.41) is 3.03. The molecule has 3 nitrogen and oxygen atoms in total. The lowest BCUT2D eigenvalue weighted by atomic mass is 9.96. The van der Waals surface area contributed by atoms with E-state index in [2.05, 4.69) is 12.2 Å². The lowest BCUT2D eigenvalue weighted by Crippen LogP contribution is -2.38. The average Bonchev–Trinajstić information content (AvgIpc) is 2.83. The minimum absolute atomic E-state index is 0.0807. The average molecular weight is 290 g/mol. The van der Waals surface area contributed by atoms with E-state index in [1.165, 1.54) is 19.3 Å². The van der Waals surface area contributed by atoms with Crippen LogP contribution in [0, 0.1) is 11.8 Å². The summed E-state index contributed by atoms with van der Waals surface area (Å²) in [6.45, 7) is 2.98. The molecule has 20 heavy (non-hydrogen) atoms. The predicted molar refractivity (Wildman–Crippen MR) is 85.5 cm³/mol. The van der Waals surface area contributed by atoms with Gasteiger partial charge < -0.3 is 11.1 Å². The number of amides is 1. The van der Waals surface area contributed by atoms with Crippen molar-refractivity contribution in [3.05, 3.63) is 35.9 Å². The van der Waals surface area contributed by atoms with Gasteiger partial charge in [0.1, 0.15) is 5.92 Å². The third-order valence-electron chi connectivity index (χ3n) is 4.26. The Hall–Kier alpha value is -1.42. The van der Waals surface area contributed by atoms with E-state index in [9.17, 15) is 4.79 Å². The number of nitrogens with one attached hydrogen (secondary N) is 1. The van der Waals surface area contributed by atoms with Crippen molar-refractivity contribution in [1.82, 2.24) is 5.32 Å². The third kappa shape index (κ3) is 3.57. The van der Waals surface area contributed by atoms with Gasteiger partial charge in [0.25, 0.3) is 0 Å². The molecule has 1 aliphatic carbocycles. The van der Waals surface area contributed by atoms with Gasteiger partial charge >= 0.3 is 0 Å². The van der Waals surface area contributed by atoms with Gasteiger partial charge in [-0.25, -0.2) is 0 Å². The largest absolute Gasteiger partial charge is 0.392 e. The molecule has 1 aromatic carbocycles. The van der Waals surface area contributed by atoms with Crippen LogP contribution in [-0.4, -0.2) is 17.4 Å². The van der Waals surface area contributed by atoms with Crippen LogP contribution in [0.25, 0.3) is 0 Å².